The van der Waals surface area contributed by atoms with Gasteiger partial charge in [0.25, 0.3) is 0 Å². The van der Waals surface area contributed by atoms with E-state index in [1.165, 1.54) is 18.5 Å². The molecule has 0 aliphatic heterocycles. The molecule has 0 atom stereocenters. The predicted molar refractivity (Wildman–Crippen MR) is 74.0 cm³/mol. The fourth-order valence-electron chi connectivity index (χ4n) is 2.01. The van der Waals surface area contributed by atoms with E-state index in [0.717, 1.165) is 24.9 Å². The summed E-state index contributed by atoms with van der Waals surface area (Å²) in [5, 5.41) is 3.51. The number of para-hydroxylation sites is 1. The zero-order valence-electron chi connectivity index (χ0n) is 11.0. The summed E-state index contributed by atoms with van der Waals surface area (Å²) < 4.78 is 7.85. The second kappa shape index (κ2) is 5.89. The highest BCUT2D eigenvalue weighted by atomic mass is 16.5. The molecule has 100 valence electrons. The van der Waals surface area contributed by atoms with E-state index in [1.54, 1.807) is 0 Å². The van der Waals surface area contributed by atoms with E-state index in [2.05, 4.69) is 14.9 Å². The van der Waals surface area contributed by atoms with Crippen molar-refractivity contribution >= 4 is 0 Å². The summed E-state index contributed by atoms with van der Waals surface area (Å²) in [4.78, 5) is 4.21. The standard InChI is InChI=1S/C15H19N3O/c1-2-4-15(5-3-1)19-9-8-18-12-16-10-14(18)11-17-13-6-7-13/h1-5,10,12-13,17H,6-9,11H2. The highest BCUT2D eigenvalue weighted by Gasteiger charge is 2.20. The molecule has 4 heteroatoms. The quantitative estimate of drug-likeness (QED) is 0.826. The van der Waals surface area contributed by atoms with E-state index in [4.69, 9.17) is 4.74 Å². The van der Waals surface area contributed by atoms with Gasteiger partial charge in [0.2, 0.25) is 0 Å². The van der Waals surface area contributed by atoms with Crippen molar-refractivity contribution in [2.24, 2.45) is 0 Å². The molecule has 0 amide bonds. The van der Waals surface area contributed by atoms with E-state index in [-0.39, 0.29) is 0 Å². The fraction of sp³-hybridized carbons (Fsp3) is 0.400. The molecule has 1 heterocycles. The lowest BCUT2D eigenvalue weighted by atomic mass is 10.3. The van der Waals surface area contributed by atoms with Crippen molar-refractivity contribution in [1.29, 1.82) is 0 Å². The average Bonchev–Trinajstić information content (AvgIpc) is 3.17. The second-order valence-corrected chi connectivity index (χ2v) is 4.90. The van der Waals surface area contributed by atoms with Crippen molar-refractivity contribution < 1.29 is 4.74 Å². The predicted octanol–water partition coefficient (Wildman–Crippen LogP) is 2.21. The largest absolute Gasteiger partial charge is 0.492 e. The Morgan fingerprint density at radius 3 is 2.89 bits per heavy atom. The highest BCUT2D eigenvalue weighted by Crippen LogP contribution is 2.19. The summed E-state index contributed by atoms with van der Waals surface area (Å²) in [6.45, 7) is 2.39. The molecule has 1 aromatic heterocycles. The van der Waals surface area contributed by atoms with Gasteiger partial charge >= 0.3 is 0 Å². The van der Waals surface area contributed by atoms with Gasteiger partial charge in [-0.05, 0) is 25.0 Å². The van der Waals surface area contributed by atoms with E-state index >= 15 is 0 Å². The Balaban J connectivity index is 1.47. The highest BCUT2D eigenvalue weighted by molar-refractivity contribution is 5.20. The zero-order chi connectivity index (χ0) is 12.9. The van der Waals surface area contributed by atoms with E-state index in [0.29, 0.717) is 6.61 Å². The van der Waals surface area contributed by atoms with Gasteiger partial charge in [-0.3, -0.25) is 0 Å². The molecule has 0 bridgehead atoms. The van der Waals surface area contributed by atoms with Gasteiger partial charge in [-0.1, -0.05) is 18.2 Å². The van der Waals surface area contributed by atoms with Crippen molar-refractivity contribution in [2.45, 2.75) is 32.0 Å². The fourth-order valence-corrected chi connectivity index (χ4v) is 2.01. The van der Waals surface area contributed by atoms with Crippen molar-refractivity contribution in [1.82, 2.24) is 14.9 Å². The van der Waals surface area contributed by atoms with Gasteiger partial charge in [-0.25, -0.2) is 4.98 Å². The number of aromatic nitrogens is 2. The summed E-state index contributed by atoms with van der Waals surface area (Å²) >= 11 is 0. The van der Waals surface area contributed by atoms with Gasteiger partial charge in [0.15, 0.2) is 0 Å². The van der Waals surface area contributed by atoms with Crippen LogP contribution in [-0.2, 0) is 13.1 Å². The minimum absolute atomic E-state index is 0.663. The Morgan fingerprint density at radius 1 is 1.26 bits per heavy atom. The van der Waals surface area contributed by atoms with Crippen LogP contribution in [0.4, 0.5) is 0 Å². The Kier molecular flexibility index (Phi) is 3.79. The van der Waals surface area contributed by atoms with Crippen LogP contribution in [0.25, 0.3) is 0 Å². The molecular weight excluding hydrogens is 238 g/mol. The van der Waals surface area contributed by atoms with Crippen LogP contribution in [0.3, 0.4) is 0 Å². The maximum Gasteiger partial charge on any atom is 0.119 e. The molecule has 0 saturated heterocycles. The minimum atomic E-state index is 0.663. The molecule has 1 saturated carbocycles. The number of imidazole rings is 1. The number of nitrogens with one attached hydrogen (secondary N) is 1. The molecule has 2 aromatic rings. The van der Waals surface area contributed by atoms with Crippen LogP contribution in [0.5, 0.6) is 5.75 Å². The number of rotatable bonds is 7. The molecule has 19 heavy (non-hydrogen) atoms. The lowest BCUT2D eigenvalue weighted by molar-refractivity contribution is 0.296. The average molecular weight is 257 g/mol. The van der Waals surface area contributed by atoms with E-state index in [1.807, 2.05) is 42.9 Å². The van der Waals surface area contributed by atoms with Crippen molar-refractivity contribution in [3.8, 4) is 5.75 Å². The van der Waals surface area contributed by atoms with Crippen LogP contribution < -0.4 is 10.1 Å². The maximum atomic E-state index is 5.70. The Morgan fingerprint density at radius 2 is 2.11 bits per heavy atom. The first kappa shape index (κ1) is 12.2. The third-order valence-corrected chi connectivity index (χ3v) is 3.29. The molecule has 1 N–H and O–H groups in total. The van der Waals surface area contributed by atoms with Crippen LogP contribution >= 0.6 is 0 Å². The van der Waals surface area contributed by atoms with Gasteiger partial charge in [0.05, 0.1) is 18.6 Å². The summed E-state index contributed by atoms with van der Waals surface area (Å²) in [6.07, 6.45) is 6.42. The van der Waals surface area contributed by atoms with E-state index in [9.17, 15) is 0 Å². The lowest BCUT2D eigenvalue weighted by Gasteiger charge is -2.10. The smallest absolute Gasteiger partial charge is 0.119 e. The SMILES string of the molecule is c1ccc(OCCn2cncc2CNC2CC2)cc1. The van der Waals surface area contributed by atoms with Crippen LogP contribution in [-0.4, -0.2) is 22.2 Å². The summed E-state index contributed by atoms with van der Waals surface area (Å²) in [5.41, 5.74) is 1.23. The topological polar surface area (TPSA) is 39.1 Å². The molecular formula is C15H19N3O. The first-order chi connectivity index (χ1) is 9.42. The number of ether oxygens (including phenoxy) is 1. The Labute approximate surface area is 113 Å². The molecule has 0 radical (unpaired) electrons. The summed E-state index contributed by atoms with van der Waals surface area (Å²) in [7, 11) is 0. The molecule has 0 spiro atoms. The van der Waals surface area contributed by atoms with Gasteiger partial charge in [-0.2, -0.15) is 0 Å². The molecule has 4 nitrogen and oxygen atoms in total. The number of hydrogen-bond acceptors (Lipinski definition) is 3. The van der Waals surface area contributed by atoms with Gasteiger partial charge in [0.1, 0.15) is 12.4 Å². The van der Waals surface area contributed by atoms with Crippen LogP contribution in [0.1, 0.15) is 18.5 Å². The monoisotopic (exact) mass is 257 g/mol. The van der Waals surface area contributed by atoms with Gasteiger partial charge < -0.3 is 14.6 Å². The normalized spacial score (nSPS) is 14.5. The van der Waals surface area contributed by atoms with Crippen LogP contribution in [0, 0.1) is 0 Å². The van der Waals surface area contributed by atoms with E-state index < -0.39 is 0 Å². The van der Waals surface area contributed by atoms with Gasteiger partial charge in [-0.15, -0.1) is 0 Å². The molecule has 1 fully saturated rings. The number of benzene rings is 1. The van der Waals surface area contributed by atoms with Crippen molar-refractivity contribution in [3.63, 3.8) is 0 Å². The first-order valence-corrected chi connectivity index (χ1v) is 6.82. The molecule has 1 aliphatic carbocycles. The van der Waals surface area contributed by atoms with Crippen molar-refractivity contribution in [3.05, 3.63) is 48.5 Å². The van der Waals surface area contributed by atoms with Crippen LogP contribution in [0.15, 0.2) is 42.9 Å². The third kappa shape index (κ3) is 3.58. The molecule has 3 rings (SSSR count). The second-order valence-electron chi connectivity index (χ2n) is 4.90. The zero-order valence-corrected chi connectivity index (χ0v) is 11.0. The minimum Gasteiger partial charge on any atom is -0.492 e. The molecule has 0 unspecified atom stereocenters. The molecule has 1 aromatic carbocycles. The number of hydrogen-bond donors (Lipinski definition) is 1. The number of nitrogens with zero attached hydrogens (tertiary/aromatic N) is 2. The Hall–Kier alpha value is -1.81. The summed E-state index contributed by atoms with van der Waals surface area (Å²) in [6, 6.07) is 10.6. The Bertz CT molecular complexity index is 505. The lowest BCUT2D eigenvalue weighted by Crippen LogP contribution is -2.19. The third-order valence-electron chi connectivity index (χ3n) is 3.29. The van der Waals surface area contributed by atoms with Crippen LogP contribution in [0.2, 0.25) is 0 Å². The van der Waals surface area contributed by atoms with Crippen molar-refractivity contribution in [2.75, 3.05) is 6.61 Å². The first-order valence-electron chi connectivity index (χ1n) is 6.82. The van der Waals surface area contributed by atoms with Gasteiger partial charge in [0, 0.05) is 18.8 Å². The maximum absolute atomic E-state index is 5.70. The molecule has 1 aliphatic rings. The summed E-state index contributed by atoms with van der Waals surface area (Å²) in [5.74, 6) is 0.917.